The third-order valence-electron chi connectivity index (χ3n) is 2.54. The molecule has 0 unspecified atom stereocenters. The maximum atomic E-state index is 5.69. The average molecular weight is 229 g/mol. The van der Waals surface area contributed by atoms with Crippen LogP contribution in [0.3, 0.4) is 0 Å². The van der Waals surface area contributed by atoms with E-state index in [1.54, 1.807) is 6.20 Å². The third kappa shape index (κ3) is 2.38. The molecule has 88 valence electrons. The lowest BCUT2D eigenvalue weighted by Crippen LogP contribution is -2.05. The van der Waals surface area contributed by atoms with Crippen LogP contribution in [-0.4, -0.2) is 19.9 Å². The molecule has 0 amide bonds. The van der Waals surface area contributed by atoms with Crippen LogP contribution in [0.5, 0.6) is 0 Å². The Kier molecular flexibility index (Phi) is 3.27. The molecule has 17 heavy (non-hydrogen) atoms. The van der Waals surface area contributed by atoms with Crippen molar-refractivity contribution in [3.63, 3.8) is 0 Å². The number of pyridine rings is 1. The van der Waals surface area contributed by atoms with E-state index in [-0.39, 0.29) is 5.95 Å². The van der Waals surface area contributed by atoms with E-state index < -0.39 is 0 Å². The van der Waals surface area contributed by atoms with Crippen molar-refractivity contribution < 1.29 is 0 Å². The van der Waals surface area contributed by atoms with E-state index in [2.05, 4.69) is 26.9 Å². The minimum Gasteiger partial charge on any atom is -0.368 e. The van der Waals surface area contributed by atoms with E-state index in [9.17, 15) is 0 Å². The van der Waals surface area contributed by atoms with Crippen LogP contribution in [0.15, 0.2) is 18.5 Å². The molecule has 2 aromatic heterocycles. The molecule has 0 radical (unpaired) electrons. The van der Waals surface area contributed by atoms with Crippen molar-refractivity contribution in [1.82, 2.24) is 19.9 Å². The second-order valence-corrected chi connectivity index (χ2v) is 3.67. The summed E-state index contributed by atoms with van der Waals surface area (Å²) in [5.41, 5.74) is 7.78. The minimum atomic E-state index is 0.269. The smallest absolute Gasteiger partial charge is 0.223 e. The molecule has 0 aliphatic carbocycles. The fraction of sp³-hybridized carbons (Fsp3) is 0.333. The van der Waals surface area contributed by atoms with Crippen molar-refractivity contribution in [3.8, 4) is 11.4 Å². The van der Waals surface area contributed by atoms with Gasteiger partial charge >= 0.3 is 0 Å². The summed E-state index contributed by atoms with van der Waals surface area (Å²) in [7, 11) is 0. The summed E-state index contributed by atoms with van der Waals surface area (Å²) in [6.07, 6.45) is 5.20. The van der Waals surface area contributed by atoms with Crippen LogP contribution in [0.2, 0.25) is 0 Å². The van der Waals surface area contributed by atoms with Gasteiger partial charge < -0.3 is 5.73 Å². The summed E-state index contributed by atoms with van der Waals surface area (Å²) in [4.78, 5) is 16.8. The third-order valence-corrected chi connectivity index (χ3v) is 2.54. The number of rotatable bonds is 3. The van der Waals surface area contributed by atoms with E-state index in [4.69, 9.17) is 5.73 Å². The highest BCUT2D eigenvalue weighted by Gasteiger charge is 2.09. The van der Waals surface area contributed by atoms with Gasteiger partial charge in [0.25, 0.3) is 0 Å². The van der Waals surface area contributed by atoms with Gasteiger partial charge in [-0.2, -0.15) is 9.97 Å². The van der Waals surface area contributed by atoms with Crippen molar-refractivity contribution in [3.05, 3.63) is 29.8 Å². The van der Waals surface area contributed by atoms with Crippen molar-refractivity contribution in [2.45, 2.75) is 26.7 Å². The first-order chi connectivity index (χ1) is 8.24. The summed E-state index contributed by atoms with van der Waals surface area (Å²) in [6, 6.07) is 1.91. The highest BCUT2D eigenvalue weighted by atomic mass is 15.1. The van der Waals surface area contributed by atoms with Gasteiger partial charge in [0.2, 0.25) is 5.95 Å². The molecular weight excluding hydrogens is 214 g/mol. The van der Waals surface area contributed by atoms with Gasteiger partial charge in [0.15, 0.2) is 5.82 Å². The van der Waals surface area contributed by atoms with Crippen LogP contribution < -0.4 is 5.73 Å². The molecule has 0 spiro atoms. The van der Waals surface area contributed by atoms with Gasteiger partial charge in [-0.1, -0.05) is 13.8 Å². The predicted molar refractivity (Wildman–Crippen MR) is 66.2 cm³/mol. The Morgan fingerprint density at radius 2 is 1.94 bits per heavy atom. The predicted octanol–water partition coefficient (Wildman–Crippen LogP) is 1.64. The molecule has 2 rings (SSSR count). The molecule has 0 aliphatic heterocycles. The maximum Gasteiger partial charge on any atom is 0.223 e. The topological polar surface area (TPSA) is 77.6 Å². The molecule has 2 aromatic rings. The molecule has 0 aromatic carbocycles. The quantitative estimate of drug-likeness (QED) is 0.865. The Morgan fingerprint density at radius 3 is 2.65 bits per heavy atom. The number of nitrogens with zero attached hydrogens (tertiary/aromatic N) is 4. The largest absolute Gasteiger partial charge is 0.368 e. The second-order valence-electron chi connectivity index (χ2n) is 3.67. The van der Waals surface area contributed by atoms with Crippen LogP contribution in [0.1, 0.15) is 25.2 Å². The summed E-state index contributed by atoms with van der Waals surface area (Å²) < 4.78 is 0. The Morgan fingerprint density at radius 1 is 1.12 bits per heavy atom. The summed E-state index contributed by atoms with van der Waals surface area (Å²) >= 11 is 0. The molecule has 0 aliphatic rings. The fourth-order valence-electron chi connectivity index (χ4n) is 1.64. The molecule has 0 saturated heterocycles. The fourth-order valence-corrected chi connectivity index (χ4v) is 1.64. The van der Waals surface area contributed by atoms with E-state index in [0.717, 1.165) is 24.0 Å². The van der Waals surface area contributed by atoms with Gasteiger partial charge in [-0.3, -0.25) is 4.98 Å². The van der Waals surface area contributed by atoms with Gasteiger partial charge in [-0.15, -0.1) is 0 Å². The molecule has 0 fully saturated rings. The van der Waals surface area contributed by atoms with Crippen molar-refractivity contribution in [1.29, 1.82) is 0 Å². The molecule has 5 nitrogen and oxygen atoms in total. The SMILES string of the molecule is CCc1nc(N)nc(-c2ccncc2CC)n1. The number of aryl methyl sites for hydroxylation is 2. The number of aromatic nitrogens is 4. The highest BCUT2D eigenvalue weighted by Crippen LogP contribution is 2.20. The lowest BCUT2D eigenvalue weighted by atomic mass is 10.1. The first-order valence-corrected chi connectivity index (χ1v) is 5.68. The zero-order valence-corrected chi connectivity index (χ0v) is 10.0. The van der Waals surface area contributed by atoms with Crippen molar-refractivity contribution in [2.24, 2.45) is 0 Å². The van der Waals surface area contributed by atoms with E-state index in [1.807, 2.05) is 19.2 Å². The van der Waals surface area contributed by atoms with Crippen LogP contribution >= 0.6 is 0 Å². The number of hydrogen-bond donors (Lipinski definition) is 1. The van der Waals surface area contributed by atoms with Crippen molar-refractivity contribution >= 4 is 5.95 Å². The van der Waals surface area contributed by atoms with Gasteiger partial charge in [0, 0.05) is 24.4 Å². The average Bonchev–Trinajstić information content (AvgIpc) is 2.37. The maximum absolute atomic E-state index is 5.69. The monoisotopic (exact) mass is 229 g/mol. The zero-order chi connectivity index (χ0) is 12.3. The minimum absolute atomic E-state index is 0.269. The lowest BCUT2D eigenvalue weighted by Gasteiger charge is -2.07. The first kappa shape index (κ1) is 11.4. The molecule has 0 saturated carbocycles. The number of nitrogen functional groups attached to an aromatic ring is 1. The second kappa shape index (κ2) is 4.86. The van der Waals surface area contributed by atoms with Gasteiger partial charge in [0.05, 0.1) is 0 Å². The van der Waals surface area contributed by atoms with Crippen LogP contribution in [0, 0.1) is 0 Å². The molecule has 2 N–H and O–H groups in total. The number of anilines is 1. The normalized spacial score (nSPS) is 10.5. The lowest BCUT2D eigenvalue weighted by molar-refractivity contribution is 0.910. The molecule has 0 bridgehead atoms. The Hall–Kier alpha value is -2.04. The standard InChI is InChI=1S/C12H15N5/c1-3-8-7-14-6-5-9(8)11-15-10(4-2)16-12(13)17-11/h5-7H,3-4H2,1-2H3,(H2,13,15,16,17). The molecule has 5 heteroatoms. The Labute approximate surface area is 100 Å². The molecule has 0 atom stereocenters. The summed E-state index contributed by atoms with van der Waals surface area (Å²) in [6.45, 7) is 4.07. The summed E-state index contributed by atoms with van der Waals surface area (Å²) in [5.74, 6) is 1.62. The molecular formula is C12H15N5. The zero-order valence-electron chi connectivity index (χ0n) is 10.0. The van der Waals surface area contributed by atoms with E-state index in [0.29, 0.717) is 11.6 Å². The van der Waals surface area contributed by atoms with Crippen LogP contribution in [0.4, 0.5) is 5.95 Å². The Balaban J connectivity index is 2.55. The van der Waals surface area contributed by atoms with Gasteiger partial charge in [-0.25, -0.2) is 4.98 Å². The number of nitrogens with two attached hydrogens (primary N) is 1. The van der Waals surface area contributed by atoms with Gasteiger partial charge in [-0.05, 0) is 18.1 Å². The highest BCUT2D eigenvalue weighted by molar-refractivity contribution is 5.59. The summed E-state index contributed by atoms with van der Waals surface area (Å²) in [5, 5.41) is 0. The van der Waals surface area contributed by atoms with Gasteiger partial charge in [0.1, 0.15) is 5.82 Å². The van der Waals surface area contributed by atoms with E-state index >= 15 is 0 Å². The van der Waals surface area contributed by atoms with E-state index in [1.165, 1.54) is 0 Å². The molecule has 2 heterocycles. The first-order valence-electron chi connectivity index (χ1n) is 5.68. The van der Waals surface area contributed by atoms with Crippen LogP contribution in [0.25, 0.3) is 11.4 Å². The van der Waals surface area contributed by atoms with Crippen LogP contribution in [-0.2, 0) is 12.8 Å². The number of hydrogen-bond acceptors (Lipinski definition) is 5. The van der Waals surface area contributed by atoms with Crippen molar-refractivity contribution in [2.75, 3.05) is 5.73 Å². The Bertz CT molecular complexity index is 524.